The van der Waals surface area contributed by atoms with Gasteiger partial charge >= 0.3 is 10.4 Å². The molecule has 0 saturated carbocycles. The van der Waals surface area contributed by atoms with Gasteiger partial charge in [0.05, 0.1) is 7.11 Å². The average molecular weight is 424 g/mol. The minimum atomic E-state index is -4.16. The van der Waals surface area contributed by atoms with E-state index in [0.717, 1.165) is 7.11 Å². The number of unbranched alkanes of at least 4 members (excludes halogenated alkanes) is 13. The molecule has 0 aromatic rings. The number of hydrogen-bond donors (Lipinski definition) is 2. The quantitative estimate of drug-likeness (QED) is 0.201. The maximum Gasteiger partial charge on any atom is 0.397 e. The van der Waals surface area contributed by atoms with Gasteiger partial charge in [0.25, 0.3) is 0 Å². The van der Waals surface area contributed by atoms with Crippen molar-refractivity contribution in [1.29, 1.82) is 0 Å². The van der Waals surface area contributed by atoms with Crippen molar-refractivity contribution < 1.29 is 17.2 Å². The fourth-order valence-electron chi connectivity index (χ4n) is 3.02. The molecule has 0 aromatic carbocycles. The highest BCUT2D eigenvalue weighted by Gasteiger charge is 2.19. The monoisotopic (exact) mass is 423 g/mol. The van der Waals surface area contributed by atoms with Crippen molar-refractivity contribution >= 4 is 10.4 Å². The van der Waals surface area contributed by atoms with E-state index in [0.29, 0.717) is 5.92 Å². The molecule has 0 bridgehead atoms. The Morgan fingerprint density at radius 1 is 0.821 bits per heavy atom. The second-order valence-corrected chi connectivity index (χ2v) is 9.89. The molecule has 0 aromatic heterocycles. The van der Waals surface area contributed by atoms with E-state index in [4.69, 9.17) is 10.3 Å². The Balaban J connectivity index is 0. The van der Waals surface area contributed by atoms with Crippen molar-refractivity contribution in [3.63, 3.8) is 0 Å². The van der Waals surface area contributed by atoms with Crippen LogP contribution in [0.2, 0.25) is 0 Å². The minimum Gasteiger partial charge on any atom is -0.325 e. The molecule has 3 N–H and O–H groups in total. The molecule has 6 heteroatoms. The molecular formula is C22H49NO4S. The second-order valence-electron chi connectivity index (χ2n) is 8.70. The van der Waals surface area contributed by atoms with Gasteiger partial charge in [-0.2, -0.15) is 8.42 Å². The smallest absolute Gasteiger partial charge is 0.325 e. The Bertz CT molecular complexity index is 419. The highest BCUT2D eigenvalue weighted by molar-refractivity contribution is 7.80. The first kappa shape index (κ1) is 30.0. The normalized spacial score (nSPS) is 13.1. The van der Waals surface area contributed by atoms with Crippen LogP contribution in [0.15, 0.2) is 0 Å². The van der Waals surface area contributed by atoms with Crippen LogP contribution >= 0.6 is 0 Å². The van der Waals surface area contributed by atoms with Crippen LogP contribution in [0.25, 0.3) is 0 Å². The van der Waals surface area contributed by atoms with Crippen molar-refractivity contribution in [3.8, 4) is 0 Å². The van der Waals surface area contributed by atoms with Crippen molar-refractivity contribution in [2.75, 3.05) is 7.11 Å². The lowest BCUT2D eigenvalue weighted by molar-refractivity contribution is 0.316. The molecule has 0 fully saturated rings. The lowest BCUT2D eigenvalue weighted by atomic mass is 9.86. The molecule has 1 unspecified atom stereocenters. The van der Waals surface area contributed by atoms with E-state index in [1.54, 1.807) is 0 Å². The molecule has 0 heterocycles. The maximum absolute atomic E-state index is 9.33. The number of hydrogen-bond acceptors (Lipinski definition) is 4. The van der Waals surface area contributed by atoms with E-state index in [-0.39, 0.29) is 5.54 Å². The summed E-state index contributed by atoms with van der Waals surface area (Å²) >= 11 is 0. The third kappa shape index (κ3) is 25.8. The Hall–Kier alpha value is -0.170. The summed E-state index contributed by atoms with van der Waals surface area (Å²) in [6, 6.07) is 0. The van der Waals surface area contributed by atoms with Gasteiger partial charge in [-0.25, -0.2) is 0 Å². The average Bonchev–Trinajstić information content (AvgIpc) is 2.61. The summed E-state index contributed by atoms with van der Waals surface area (Å²) in [5.41, 5.74) is 6.13. The molecule has 0 aliphatic rings. The van der Waals surface area contributed by atoms with Gasteiger partial charge in [-0.05, 0) is 26.2 Å². The van der Waals surface area contributed by atoms with Crippen LogP contribution in [0.5, 0.6) is 0 Å². The van der Waals surface area contributed by atoms with Gasteiger partial charge < -0.3 is 5.73 Å². The Morgan fingerprint density at radius 2 is 1.11 bits per heavy atom. The Labute approximate surface area is 176 Å². The zero-order chi connectivity index (χ0) is 21.9. The summed E-state index contributed by atoms with van der Waals surface area (Å²) in [6.07, 6.45) is 21.4. The predicted octanol–water partition coefficient (Wildman–Crippen LogP) is 6.67. The highest BCUT2D eigenvalue weighted by Crippen LogP contribution is 2.20. The third-order valence-corrected chi connectivity index (χ3v) is 5.89. The van der Waals surface area contributed by atoms with Gasteiger partial charge in [0, 0.05) is 5.54 Å². The van der Waals surface area contributed by atoms with Gasteiger partial charge in [0.2, 0.25) is 0 Å². The van der Waals surface area contributed by atoms with E-state index in [9.17, 15) is 8.42 Å². The minimum absolute atomic E-state index is 0.00343. The van der Waals surface area contributed by atoms with Crippen molar-refractivity contribution in [2.24, 2.45) is 11.7 Å². The summed E-state index contributed by atoms with van der Waals surface area (Å²) < 4.78 is 29.7. The lowest BCUT2D eigenvalue weighted by Crippen LogP contribution is -2.39. The fraction of sp³-hybridized carbons (Fsp3) is 1.00. The van der Waals surface area contributed by atoms with Gasteiger partial charge in [0.1, 0.15) is 0 Å². The van der Waals surface area contributed by atoms with Crippen molar-refractivity contribution in [2.45, 2.75) is 130 Å². The van der Waals surface area contributed by atoms with Gasteiger partial charge in [-0.1, -0.05) is 104 Å². The van der Waals surface area contributed by atoms with Crippen molar-refractivity contribution in [1.82, 2.24) is 0 Å². The van der Waals surface area contributed by atoms with Crippen LogP contribution in [0, 0.1) is 5.92 Å². The molecular weight excluding hydrogens is 374 g/mol. The van der Waals surface area contributed by atoms with E-state index in [1.807, 2.05) is 0 Å². The first-order valence-electron chi connectivity index (χ1n) is 11.4. The van der Waals surface area contributed by atoms with E-state index in [1.165, 1.54) is 96.3 Å². The molecule has 0 saturated heterocycles. The van der Waals surface area contributed by atoms with E-state index < -0.39 is 10.4 Å². The molecule has 28 heavy (non-hydrogen) atoms. The Morgan fingerprint density at radius 3 is 1.36 bits per heavy atom. The molecule has 0 aliphatic heterocycles. The molecule has 0 radical (unpaired) electrons. The fourth-order valence-corrected chi connectivity index (χ4v) is 3.02. The SMILES string of the molecule is CCCCCCCCCCCCCCCCC(C)C(C)(C)N.COS(=O)(=O)O. The van der Waals surface area contributed by atoms with Crippen molar-refractivity contribution in [3.05, 3.63) is 0 Å². The van der Waals surface area contributed by atoms with Crippen LogP contribution in [-0.4, -0.2) is 25.6 Å². The molecule has 0 amide bonds. The molecule has 0 aliphatic carbocycles. The van der Waals surface area contributed by atoms with Crippen LogP contribution in [-0.2, 0) is 14.6 Å². The standard InChI is InChI=1S/C21H45N.CH4O4S/c1-5-6-7-8-9-10-11-12-13-14-15-16-17-18-19-20(2)21(3,4)22;1-5-6(2,3)4/h20H,5-19,22H2,1-4H3;1H3,(H,2,3,4). The van der Waals surface area contributed by atoms with Gasteiger partial charge in [-0.15, -0.1) is 0 Å². The maximum atomic E-state index is 9.33. The molecule has 1 atom stereocenters. The Kier molecular flexibility index (Phi) is 20.2. The lowest BCUT2D eigenvalue weighted by Gasteiger charge is -2.27. The second kappa shape index (κ2) is 18.8. The van der Waals surface area contributed by atoms with Crippen LogP contribution < -0.4 is 5.73 Å². The van der Waals surface area contributed by atoms with E-state index >= 15 is 0 Å². The summed E-state index contributed by atoms with van der Waals surface area (Å²) in [4.78, 5) is 0. The molecule has 0 spiro atoms. The highest BCUT2D eigenvalue weighted by atomic mass is 32.3. The first-order chi connectivity index (χ1) is 13.0. The van der Waals surface area contributed by atoms with Gasteiger partial charge in [-0.3, -0.25) is 8.74 Å². The zero-order valence-electron chi connectivity index (χ0n) is 19.3. The summed E-state index contributed by atoms with van der Waals surface area (Å²) in [6.45, 7) is 8.89. The summed E-state index contributed by atoms with van der Waals surface area (Å²) in [7, 11) is -3.29. The summed E-state index contributed by atoms with van der Waals surface area (Å²) in [5.74, 6) is 0.643. The predicted molar refractivity (Wildman–Crippen MR) is 121 cm³/mol. The summed E-state index contributed by atoms with van der Waals surface area (Å²) in [5, 5.41) is 0. The van der Waals surface area contributed by atoms with Crippen LogP contribution in [0.1, 0.15) is 124 Å². The number of rotatable bonds is 17. The topological polar surface area (TPSA) is 89.6 Å². The van der Waals surface area contributed by atoms with Gasteiger partial charge in [0.15, 0.2) is 0 Å². The number of nitrogens with two attached hydrogens (primary N) is 1. The first-order valence-corrected chi connectivity index (χ1v) is 12.7. The van der Waals surface area contributed by atoms with Crippen LogP contribution in [0.4, 0.5) is 0 Å². The molecule has 172 valence electrons. The zero-order valence-corrected chi connectivity index (χ0v) is 20.2. The largest absolute Gasteiger partial charge is 0.397 e. The van der Waals surface area contributed by atoms with E-state index in [2.05, 4.69) is 31.9 Å². The molecule has 0 rings (SSSR count). The van der Waals surface area contributed by atoms with Crippen LogP contribution in [0.3, 0.4) is 0 Å². The molecule has 5 nitrogen and oxygen atoms in total. The third-order valence-electron chi connectivity index (χ3n) is 5.47.